The van der Waals surface area contributed by atoms with Crippen LogP contribution in [0.3, 0.4) is 0 Å². The van der Waals surface area contributed by atoms with Crippen LogP contribution in [0.2, 0.25) is 0 Å². The van der Waals surface area contributed by atoms with E-state index in [-0.39, 0.29) is 5.69 Å². The van der Waals surface area contributed by atoms with E-state index in [0.717, 1.165) is 15.8 Å². The summed E-state index contributed by atoms with van der Waals surface area (Å²) in [6.45, 7) is 0. The lowest BCUT2D eigenvalue weighted by molar-refractivity contribution is 0.0691. The van der Waals surface area contributed by atoms with Crippen molar-refractivity contribution in [3.05, 3.63) is 36.0 Å². The minimum absolute atomic E-state index is 0.0870. The van der Waals surface area contributed by atoms with E-state index in [2.05, 4.69) is 4.98 Å². The highest BCUT2D eigenvalue weighted by Gasteiger charge is 2.07. The molecule has 0 radical (unpaired) electrons. The number of hydrogen-bond acceptors (Lipinski definition) is 3. The number of para-hydroxylation sites is 1. The van der Waals surface area contributed by atoms with E-state index in [0.29, 0.717) is 0 Å². The Bertz CT molecular complexity index is 525. The monoisotopic (exact) mass is 219 g/mol. The predicted octanol–water partition coefficient (Wildman–Crippen LogP) is 2.65. The maximum absolute atomic E-state index is 10.8. The molecular formula is C11H9NO2S. The zero-order chi connectivity index (χ0) is 10.8. The van der Waals surface area contributed by atoms with Gasteiger partial charge in [0, 0.05) is 10.3 Å². The summed E-state index contributed by atoms with van der Waals surface area (Å²) in [6.07, 6.45) is 1.95. The molecule has 3 nitrogen and oxygen atoms in total. The molecule has 0 atom stereocenters. The van der Waals surface area contributed by atoms with Crippen molar-refractivity contribution >= 4 is 28.6 Å². The van der Waals surface area contributed by atoms with E-state index in [4.69, 9.17) is 5.11 Å². The van der Waals surface area contributed by atoms with E-state index in [9.17, 15) is 4.79 Å². The van der Waals surface area contributed by atoms with Crippen LogP contribution >= 0.6 is 11.8 Å². The fourth-order valence-corrected chi connectivity index (χ4v) is 1.98. The summed E-state index contributed by atoms with van der Waals surface area (Å²) in [5, 5.41) is 9.80. The minimum Gasteiger partial charge on any atom is -0.477 e. The summed E-state index contributed by atoms with van der Waals surface area (Å²) in [5.41, 5.74) is 0.842. The normalized spacial score (nSPS) is 10.5. The molecule has 0 aliphatic heterocycles. The highest BCUT2D eigenvalue weighted by atomic mass is 32.2. The summed E-state index contributed by atoms with van der Waals surface area (Å²) in [7, 11) is 0. The van der Waals surface area contributed by atoms with E-state index in [1.807, 2.05) is 24.5 Å². The molecule has 0 spiro atoms. The molecule has 0 unspecified atom stereocenters. The van der Waals surface area contributed by atoms with Gasteiger partial charge < -0.3 is 5.11 Å². The largest absolute Gasteiger partial charge is 0.477 e. The number of hydrogen-bond donors (Lipinski definition) is 1. The third-order valence-electron chi connectivity index (χ3n) is 2.12. The SMILES string of the molecule is CSc1cccc2ccc(C(=O)O)nc12. The Morgan fingerprint density at radius 2 is 2.13 bits per heavy atom. The lowest BCUT2D eigenvalue weighted by Crippen LogP contribution is -2.00. The first-order chi connectivity index (χ1) is 7.22. The van der Waals surface area contributed by atoms with Crippen LogP contribution in [-0.4, -0.2) is 22.3 Å². The van der Waals surface area contributed by atoms with E-state index >= 15 is 0 Å². The number of carboxylic acid groups (broad SMARTS) is 1. The lowest BCUT2D eigenvalue weighted by Gasteiger charge is -2.03. The van der Waals surface area contributed by atoms with Crippen LogP contribution in [0.25, 0.3) is 10.9 Å². The van der Waals surface area contributed by atoms with Gasteiger partial charge in [-0.1, -0.05) is 18.2 Å². The number of carbonyl (C=O) groups is 1. The number of nitrogens with zero attached hydrogens (tertiary/aromatic N) is 1. The highest BCUT2D eigenvalue weighted by molar-refractivity contribution is 7.98. The zero-order valence-electron chi connectivity index (χ0n) is 8.10. The van der Waals surface area contributed by atoms with Gasteiger partial charge in [-0.25, -0.2) is 9.78 Å². The smallest absolute Gasteiger partial charge is 0.354 e. The molecule has 0 fully saturated rings. The average Bonchev–Trinajstić information content (AvgIpc) is 2.27. The second-order valence-electron chi connectivity index (χ2n) is 3.03. The van der Waals surface area contributed by atoms with Gasteiger partial charge >= 0.3 is 5.97 Å². The molecule has 1 N–H and O–H groups in total. The van der Waals surface area contributed by atoms with Gasteiger partial charge in [-0.05, 0) is 18.4 Å². The second kappa shape index (κ2) is 3.90. The molecule has 0 saturated heterocycles. The van der Waals surface area contributed by atoms with Crippen molar-refractivity contribution in [1.82, 2.24) is 4.98 Å². The summed E-state index contributed by atoms with van der Waals surface area (Å²) in [5.74, 6) is -0.993. The standard InChI is InChI=1S/C11H9NO2S/c1-15-9-4-2-3-7-5-6-8(11(13)14)12-10(7)9/h2-6H,1H3,(H,13,14). The maximum Gasteiger partial charge on any atom is 0.354 e. The zero-order valence-corrected chi connectivity index (χ0v) is 8.91. The van der Waals surface area contributed by atoms with Gasteiger partial charge in [-0.3, -0.25) is 0 Å². The first kappa shape index (κ1) is 9.98. The molecule has 4 heteroatoms. The Balaban J connectivity index is 2.72. The number of fused-ring (bicyclic) bond motifs is 1. The Hall–Kier alpha value is -1.55. The van der Waals surface area contributed by atoms with Crippen molar-refractivity contribution in [2.45, 2.75) is 4.90 Å². The molecule has 0 aliphatic rings. The fraction of sp³-hybridized carbons (Fsp3) is 0.0909. The number of thioether (sulfide) groups is 1. The predicted molar refractivity (Wildman–Crippen MR) is 60.5 cm³/mol. The molecule has 0 bridgehead atoms. The number of aromatic nitrogens is 1. The van der Waals surface area contributed by atoms with Crippen LogP contribution in [-0.2, 0) is 0 Å². The maximum atomic E-state index is 10.8. The molecule has 0 saturated carbocycles. The molecular weight excluding hydrogens is 210 g/mol. The quantitative estimate of drug-likeness (QED) is 0.789. The summed E-state index contributed by atoms with van der Waals surface area (Å²) in [4.78, 5) is 15.9. The van der Waals surface area contributed by atoms with Gasteiger partial charge in [0.15, 0.2) is 0 Å². The minimum atomic E-state index is -0.993. The Labute approximate surface area is 91.1 Å². The van der Waals surface area contributed by atoms with E-state index in [1.54, 1.807) is 17.8 Å². The molecule has 1 heterocycles. The van der Waals surface area contributed by atoms with Crippen LogP contribution in [0.15, 0.2) is 35.2 Å². The molecule has 0 aliphatic carbocycles. The Morgan fingerprint density at radius 3 is 2.80 bits per heavy atom. The Morgan fingerprint density at radius 1 is 1.33 bits per heavy atom. The fourth-order valence-electron chi connectivity index (χ4n) is 1.40. The summed E-state index contributed by atoms with van der Waals surface area (Å²) >= 11 is 1.56. The molecule has 1 aromatic heterocycles. The Kier molecular flexibility index (Phi) is 2.60. The van der Waals surface area contributed by atoms with Crippen molar-refractivity contribution in [2.24, 2.45) is 0 Å². The number of aromatic carboxylic acids is 1. The van der Waals surface area contributed by atoms with Crippen molar-refractivity contribution in [2.75, 3.05) is 6.26 Å². The van der Waals surface area contributed by atoms with Gasteiger partial charge in [-0.2, -0.15) is 0 Å². The molecule has 1 aromatic carbocycles. The van der Waals surface area contributed by atoms with E-state index < -0.39 is 5.97 Å². The molecule has 76 valence electrons. The van der Waals surface area contributed by atoms with Gasteiger partial charge in [0.1, 0.15) is 5.69 Å². The van der Waals surface area contributed by atoms with Crippen LogP contribution in [0, 0.1) is 0 Å². The lowest BCUT2D eigenvalue weighted by atomic mass is 10.2. The van der Waals surface area contributed by atoms with Crippen molar-refractivity contribution in [1.29, 1.82) is 0 Å². The first-order valence-corrected chi connectivity index (χ1v) is 5.62. The van der Waals surface area contributed by atoms with Crippen LogP contribution in [0.5, 0.6) is 0 Å². The third-order valence-corrected chi connectivity index (χ3v) is 2.89. The number of rotatable bonds is 2. The second-order valence-corrected chi connectivity index (χ2v) is 3.88. The van der Waals surface area contributed by atoms with Crippen LogP contribution in [0.1, 0.15) is 10.5 Å². The molecule has 0 amide bonds. The molecule has 2 rings (SSSR count). The van der Waals surface area contributed by atoms with E-state index in [1.165, 1.54) is 6.07 Å². The van der Waals surface area contributed by atoms with Gasteiger partial charge in [-0.15, -0.1) is 11.8 Å². The number of carboxylic acids is 1. The van der Waals surface area contributed by atoms with Gasteiger partial charge in [0.05, 0.1) is 5.52 Å². The third kappa shape index (κ3) is 1.80. The topological polar surface area (TPSA) is 50.2 Å². The highest BCUT2D eigenvalue weighted by Crippen LogP contribution is 2.24. The van der Waals surface area contributed by atoms with Gasteiger partial charge in [0.2, 0.25) is 0 Å². The summed E-state index contributed by atoms with van der Waals surface area (Å²) < 4.78 is 0. The average molecular weight is 219 g/mol. The molecule has 2 aromatic rings. The first-order valence-electron chi connectivity index (χ1n) is 4.39. The summed E-state index contributed by atoms with van der Waals surface area (Å²) in [6, 6.07) is 9.11. The van der Waals surface area contributed by atoms with Crippen molar-refractivity contribution in [3.63, 3.8) is 0 Å². The number of pyridine rings is 1. The van der Waals surface area contributed by atoms with Crippen LogP contribution < -0.4 is 0 Å². The number of benzene rings is 1. The van der Waals surface area contributed by atoms with Crippen molar-refractivity contribution < 1.29 is 9.90 Å². The van der Waals surface area contributed by atoms with Gasteiger partial charge in [0.25, 0.3) is 0 Å². The van der Waals surface area contributed by atoms with Crippen LogP contribution in [0.4, 0.5) is 0 Å². The van der Waals surface area contributed by atoms with Crippen molar-refractivity contribution in [3.8, 4) is 0 Å². The molecule has 15 heavy (non-hydrogen) atoms.